The molecule has 4 heteroatoms. The molecular weight excluding hydrogens is 147 g/mol. The third-order valence-electron chi connectivity index (χ3n) is 0.552. The fraction of sp³-hybridized carbons (Fsp3) is 0. The molecule has 38 valence electrons. The van der Waals surface area contributed by atoms with E-state index < -0.39 is 0 Å². The Morgan fingerprint density at radius 1 is 1.25 bits per heavy atom. The molecule has 0 atom stereocenters. The molecule has 0 N–H and O–H groups in total. The molecule has 1 rings (SSSR count). The summed E-state index contributed by atoms with van der Waals surface area (Å²) in [6.45, 7) is 0. The Morgan fingerprint density at radius 2 is 1.75 bits per heavy atom. The van der Waals surface area contributed by atoms with Crippen molar-refractivity contribution in [2.75, 3.05) is 0 Å². The summed E-state index contributed by atoms with van der Waals surface area (Å²) in [7, 11) is 0. The molecule has 0 aromatic carbocycles. The van der Waals surface area contributed by atoms with Gasteiger partial charge in [0.25, 0.3) is 0 Å². The summed E-state index contributed by atoms with van der Waals surface area (Å²) in [5, 5.41) is 0.516. The second kappa shape index (κ2) is 4.90. The van der Waals surface area contributed by atoms with Crippen molar-refractivity contribution in [2.45, 2.75) is 5.16 Å². The van der Waals surface area contributed by atoms with Crippen molar-refractivity contribution in [1.82, 2.24) is 9.97 Å². The quantitative estimate of drug-likeness (QED) is 0.324. The van der Waals surface area contributed by atoms with E-state index in [2.05, 4.69) is 22.6 Å². The first-order chi connectivity index (χ1) is 3.39. The van der Waals surface area contributed by atoms with Gasteiger partial charge in [-0.05, 0) is 6.07 Å². The number of nitrogens with zero attached hydrogens (tertiary/aromatic N) is 2. The van der Waals surface area contributed by atoms with E-state index in [-0.39, 0.29) is 51.4 Å². The minimum absolute atomic E-state index is 0. The van der Waals surface area contributed by atoms with Crippen LogP contribution in [-0.2, 0) is 0 Å². The van der Waals surface area contributed by atoms with Crippen LogP contribution < -0.4 is 0 Å². The molecule has 0 aliphatic rings. The predicted molar refractivity (Wildman–Crippen MR) is 36.4 cm³/mol. The van der Waals surface area contributed by atoms with Crippen molar-refractivity contribution in [1.29, 1.82) is 0 Å². The molecule has 0 aliphatic heterocycles. The summed E-state index contributed by atoms with van der Waals surface area (Å²) in [4.78, 5) is 7.46. The van der Waals surface area contributed by atoms with Gasteiger partial charge in [-0.1, -0.05) is 0 Å². The van der Waals surface area contributed by atoms with Crippen molar-refractivity contribution in [3.63, 3.8) is 0 Å². The molecule has 1 aromatic heterocycles. The minimum atomic E-state index is 0. The van der Waals surface area contributed by atoms with Crippen LogP contribution in [0.5, 0.6) is 0 Å². The molecular formula is C4H5KN2S. The zero-order valence-electron chi connectivity index (χ0n) is 3.57. The SMILES string of the molecule is Sc1ncccn1.[KH]. The first kappa shape index (κ1) is 9.07. The average Bonchev–Trinajstić information content (AvgIpc) is 1.69. The van der Waals surface area contributed by atoms with Crippen molar-refractivity contribution in [2.24, 2.45) is 0 Å². The van der Waals surface area contributed by atoms with Gasteiger partial charge in [-0.3, -0.25) is 0 Å². The van der Waals surface area contributed by atoms with Crippen LogP contribution in [0.3, 0.4) is 0 Å². The average molecular weight is 152 g/mol. The summed E-state index contributed by atoms with van der Waals surface area (Å²) in [5.41, 5.74) is 0. The number of thiol groups is 1. The molecule has 0 amide bonds. The van der Waals surface area contributed by atoms with Crippen LogP contribution in [0.15, 0.2) is 23.6 Å². The maximum atomic E-state index is 3.86. The third kappa shape index (κ3) is 3.16. The van der Waals surface area contributed by atoms with E-state index in [4.69, 9.17) is 0 Å². The summed E-state index contributed by atoms with van der Waals surface area (Å²) < 4.78 is 0. The second-order valence-electron chi connectivity index (χ2n) is 1.05. The van der Waals surface area contributed by atoms with Crippen LogP contribution >= 0.6 is 12.6 Å². The van der Waals surface area contributed by atoms with Crippen LogP contribution in [0.4, 0.5) is 0 Å². The predicted octanol–water partition coefficient (Wildman–Crippen LogP) is 0.117. The molecule has 1 heterocycles. The van der Waals surface area contributed by atoms with E-state index in [1.165, 1.54) is 0 Å². The Bertz CT molecular complexity index is 144. The number of rotatable bonds is 0. The van der Waals surface area contributed by atoms with Crippen LogP contribution in [0.1, 0.15) is 0 Å². The van der Waals surface area contributed by atoms with E-state index in [1.54, 1.807) is 18.5 Å². The molecule has 0 aliphatic carbocycles. The Morgan fingerprint density at radius 3 is 2.00 bits per heavy atom. The Labute approximate surface area is 95.9 Å². The first-order valence-electron chi connectivity index (χ1n) is 1.85. The second-order valence-corrected chi connectivity index (χ2v) is 1.45. The van der Waals surface area contributed by atoms with E-state index in [0.717, 1.165) is 0 Å². The van der Waals surface area contributed by atoms with Gasteiger partial charge in [0.2, 0.25) is 0 Å². The monoisotopic (exact) mass is 152 g/mol. The van der Waals surface area contributed by atoms with E-state index in [0.29, 0.717) is 5.16 Å². The number of hydrogen-bond acceptors (Lipinski definition) is 3. The van der Waals surface area contributed by atoms with Crippen LogP contribution in [0, 0.1) is 0 Å². The topological polar surface area (TPSA) is 25.8 Å². The molecule has 1 aromatic rings. The fourth-order valence-corrected chi connectivity index (χ4v) is 0.425. The Hall–Kier alpha value is 1.07. The third-order valence-corrected chi connectivity index (χ3v) is 0.783. The van der Waals surface area contributed by atoms with E-state index >= 15 is 0 Å². The van der Waals surface area contributed by atoms with Crippen molar-refractivity contribution < 1.29 is 0 Å². The Balaban J connectivity index is 0.000000490. The summed E-state index contributed by atoms with van der Waals surface area (Å²) in [6.07, 6.45) is 3.30. The van der Waals surface area contributed by atoms with Gasteiger partial charge in [0.1, 0.15) is 0 Å². The standard InChI is InChI=1S/C4H4N2S.K.H/c7-4-5-2-1-3-6-4;;/h1-3H,(H,5,6,7);;. The molecule has 0 radical (unpaired) electrons. The van der Waals surface area contributed by atoms with Crippen molar-refractivity contribution >= 4 is 64.0 Å². The van der Waals surface area contributed by atoms with Gasteiger partial charge < -0.3 is 0 Å². The van der Waals surface area contributed by atoms with Gasteiger partial charge >= 0.3 is 51.4 Å². The van der Waals surface area contributed by atoms with Gasteiger partial charge in [-0.15, -0.1) is 12.6 Å². The van der Waals surface area contributed by atoms with Crippen LogP contribution in [-0.4, -0.2) is 61.4 Å². The van der Waals surface area contributed by atoms with E-state index in [1.807, 2.05) is 0 Å². The molecule has 0 saturated heterocycles. The number of aromatic nitrogens is 2. The zero-order chi connectivity index (χ0) is 5.11. The van der Waals surface area contributed by atoms with Crippen molar-refractivity contribution in [3.05, 3.63) is 18.5 Å². The van der Waals surface area contributed by atoms with Gasteiger partial charge in [0.05, 0.1) is 0 Å². The summed E-state index contributed by atoms with van der Waals surface area (Å²) in [5.74, 6) is 0. The fourth-order valence-electron chi connectivity index (χ4n) is 0.291. The maximum absolute atomic E-state index is 3.86. The molecule has 0 bridgehead atoms. The summed E-state index contributed by atoms with van der Waals surface area (Å²) >= 11 is 3.86. The molecule has 0 unspecified atom stereocenters. The molecule has 0 saturated carbocycles. The molecule has 0 fully saturated rings. The zero-order valence-corrected chi connectivity index (χ0v) is 4.47. The van der Waals surface area contributed by atoms with Gasteiger partial charge in [0, 0.05) is 12.4 Å². The van der Waals surface area contributed by atoms with Crippen LogP contribution in [0.2, 0.25) is 0 Å². The van der Waals surface area contributed by atoms with Gasteiger partial charge in [-0.2, -0.15) is 0 Å². The van der Waals surface area contributed by atoms with E-state index in [9.17, 15) is 0 Å². The van der Waals surface area contributed by atoms with Crippen LogP contribution in [0.25, 0.3) is 0 Å². The normalized spacial score (nSPS) is 7.62. The Kier molecular flexibility index (Phi) is 5.55. The molecule has 8 heavy (non-hydrogen) atoms. The van der Waals surface area contributed by atoms with Crippen molar-refractivity contribution in [3.8, 4) is 0 Å². The number of hydrogen-bond donors (Lipinski definition) is 1. The summed E-state index contributed by atoms with van der Waals surface area (Å²) in [6, 6.07) is 1.75. The molecule has 0 spiro atoms. The van der Waals surface area contributed by atoms with Gasteiger partial charge in [0.15, 0.2) is 5.16 Å². The van der Waals surface area contributed by atoms with Gasteiger partial charge in [-0.25, -0.2) is 9.97 Å². The molecule has 2 nitrogen and oxygen atoms in total. The first-order valence-corrected chi connectivity index (χ1v) is 2.30.